The molecule has 0 amide bonds. The average Bonchev–Trinajstić information content (AvgIpc) is 2.26. The fourth-order valence-corrected chi connectivity index (χ4v) is 2.90. The van der Waals surface area contributed by atoms with Crippen molar-refractivity contribution in [3.8, 4) is 5.75 Å². The normalized spacial score (nSPS) is 12.5. The summed E-state index contributed by atoms with van der Waals surface area (Å²) in [6, 6.07) is 3.74. The van der Waals surface area contributed by atoms with Crippen molar-refractivity contribution in [3.63, 3.8) is 0 Å². The number of nitrogens with one attached hydrogen (secondary N) is 1. The van der Waals surface area contributed by atoms with Crippen LogP contribution >= 0.6 is 10.7 Å². The molecule has 19 heavy (non-hydrogen) atoms. The van der Waals surface area contributed by atoms with E-state index in [1.165, 1.54) is 39.2 Å². The molecule has 1 aromatic carbocycles. The smallest absolute Gasteiger partial charge is 0.264 e. The van der Waals surface area contributed by atoms with Gasteiger partial charge in [0, 0.05) is 16.7 Å². The van der Waals surface area contributed by atoms with Crippen molar-refractivity contribution in [1.82, 2.24) is 0 Å². The molecule has 108 valence electrons. The number of hydrogen-bond acceptors (Lipinski definition) is 5. The van der Waals surface area contributed by atoms with Gasteiger partial charge in [-0.3, -0.25) is 4.72 Å². The lowest BCUT2D eigenvalue weighted by Gasteiger charge is -2.12. The van der Waals surface area contributed by atoms with E-state index < -0.39 is 24.3 Å². The third-order valence-electron chi connectivity index (χ3n) is 2.31. The van der Waals surface area contributed by atoms with Gasteiger partial charge in [-0.25, -0.2) is 16.8 Å². The van der Waals surface area contributed by atoms with Crippen LogP contribution in [-0.4, -0.2) is 29.2 Å². The summed E-state index contributed by atoms with van der Waals surface area (Å²) in [5.74, 6) is -0.0287. The first-order valence-corrected chi connectivity index (χ1v) is 9.08. The van der Waals surface area contributed by atoms with Gasteiger partial charge >= 0.3 is 0 Å². The fourth-order valence-electron chi connectivity index (χ4n) is 1.21. The van der Waals surface area contributed by atoms with Crippen molar-refractivity contribution < 1.29 is 21.6 Å². The van der Waals surface area contributed by atoms with E-state index in [4.69, 9.17) is 15.4 Å². The van der Waals surface area contributed by atoms with Gasteiger partial charge in [0.05, 0.1) is 18.0 Å². The summed E-state index contributed by atoms with van der Waals surface area (Å²) in [6.45, 7) is 3.05. The highest BCUT2D eigenvalue weighted by atomic mass is 35.7. The molecule has 0 heterocycles. The molecule has 6 nitrogen and oxygen atoms in total. The lowest BCUT2D eigenvalue weighted by molar-refractivity contribution is 0.403. The molecule has 0 saturated heterocycles. The minimum atomic E-state index is -3.95. The molecule has 0 unspecified atom stereocenters. The summed E-state index contributed by atoms with van der Waals surface area (Å²) < 4.78 is 53.1. The molecule has 0 aliphatic carbocycles. The van der Waals surface area contributed by atoms with Crippen LogP contribution in [0.3, 0.4) is 0 Å². The van der Waals surface area contributed by atoms with E-state index in [0.717, 1.165) is 0 Å². The Balaban J connectivity index is 3.23. The van der Waals surface area contributed by atoms with Crippen LogP contribution in [0.2, 0.25) is 0 Å². The molecule has 0 aromatic heterocycles. The van der Waals surface area contributed by atoms with Crippen molar-refractivity contribution in [2.24, 2.45) is 0 Å². The van der Waals surface area contributed by atoms with E-state index in [1.807, 2.05) is 0 Å². The van der Waals surface area contributed by atoms with E-state index in [1.54, 1.807) is 0 Å². The number of ether oxygens (including phenoxy) is 1. The maximum absolute atomic E-state index is 11.7. The molecule has 1 rings (SSSR count). The molecule has 1 N–H and O–H groups in total. The van der Waals surface area contributed by atoms with Crippen LogP contribution in [-0.2, 0) is 19.1 Å². The molecule has 0 atom stereocenters. The van der Waals surface area contributed by atoms with Gasteiger partial charge in [-0.2, -0.15) is 0 Å². The summed E-state index contributed by atoms with van der Waals surface area (Å²) in [5, 5.41) is -0.616. The predicted molar refractivity (Wildman–Crippen MR) is 73.7 cm³/mol. The topological polar surface area (TPSA) is 89.5 Å². The van der Waals surface area contributed by atoms with Crippen molar-refractivity contribution in [2.45, 2.75) is 24.0 Å². The van der Waals surface area contributed by atoms with E-state index >= 15 is 0 Å². The van der Waals surface area contributed by atoms with Crippen LogP contribution in [0, 0.1) is 0 Å². The van der Waals surface area contributed by atoms with Crippen LogP contribution in [0.1, 0.15) is 13.8 Å². The molecular formula is C10H14ClNO5S2. The first kappa shape index (κ1) is 16.1. The summed E-state index contributed by atoms with van der Waals surface area (Å²) >= 11 is 0. The highest BCUT2D eigenvalue weighted by Gasteiger charge is 2.20. The van der Waals surface area contributed by atoms with Crippen LogP contribution in [0.5, 0.6) is 5.75 Å². The van der Waals surface area contributed by atoms with E-state index in [9.17, 15) is 16.8 Å². The van der Waals surface area contributed by atoms with Gasteiger partial charge in [0.15, 0.2) is 0 Å². The first-order valence-electron chi connectivity index (χ1n) is 5.22. The van der Waals surface area contributed by atoms with Gasteiger partial charge in [-0.15, -0.1) is 0 Å². The lowest BCUT2D eigenvalue weighted by Crippen LogP contribution is -2.22. The number of methoxy groups -OCH3 is 1. The molecule has 0 saturated carbocycles. The van der Waals surface area contributed by atoms with Gasteiger partial charge in [-0.1, -0.05) is 0 Å². The maximum atomic E-state index is 11.7. The molecule has 0 bridgehead atoms. The van der Waals surface area contributed by atoms with Crippen molar-refractivity contribution >= 4 is 35.4 Å². The molecule has 0 aliphatic heterocycles. The minimum absolute atomic E-state index is 0.0287. The second-order valence-electron chi connectivity index (χ2n) is 4.00. The highest BCUT2D eigenvalue weighted by molar-refractivity contribution is 8.13. The summed E-state index contributed by atoms with van der Waals surface area (Å²) in [4.78, 5) is -0.218. The predicted octanol–water partition coefficient (Wildman–Crippen LogP) is 1.77. The second kappa shape index (κ2) is 5.56. The van der Waals surface area contributed by atoms with Crippen LogP contribution in [0.4, 0.5) is 5.69 Å². The Morgan fingerprint density at radius 3 is 2.21 bits per heavy atom. The zero-order valence-electron chi connectivity index (χ0n) is 10.5. The third-order valence-corrected chi connectivity index (χ3v) is 5.43. The Labute approximate surface area is 117 Å². The molecule has 0 radical (unpaired) electrons. The Kier molecular flexibility index (Phi) is 4.70. The fraction of sp³-hybridized carbons (Fsp3) is 0.400. The van der Waals surface area contributed by atoms with Crippen LogP contribution in [0.25, 0.3) is 0 Å². The van der Waals surface area contributed by atoms with Crippen LogP contribution in [0.15, 0.2) is 23.1 Å². The lowest BCUT2D eigenvalue weighted by atomic mass is 10.3. The SMILES string of the molecule is COc1cc(NS(=O)(=O)C(C)C)ccc1S(=O)(=O)Cl. The Morgan fingerprint density at radius 1 is 1.21 bits per heavy atom. The standard InChI is InChI=1S/C10H14ClNO5S2/c1-7(2)19(15,16)12-8-4-5-10(18(11,13)14)9(6-8)17-3/h4-7,12H,1-3H3. The van der Waals surface area contributed by atoms with Crippen LogP contribution < -0.4 is 9.46 Å². The highest BCUT2D eigenvalue weighted by Crippen LogP contribution is 2.30. The number of hydrogen-bond donors (Lipinski definition) is 1. The Bertz CT molecular complexity index is 667. The molecule has 0 spiro atoms. The number of benzene rings is 1. The van der Waals surface area contributed by atoms with Gasteiger partial charge < -0.3 is 4.74 Å². The molecule has 0 aliphatic rings. The minimum Gasteiger partial charge on any atom is -0.495 e. The van der Waals surface area contributed by atoms with E-state index in [2.05, 4.69) is 4.72 Å². The van der Waals surface area contributed by atoms with E-state index in [0.29, 0.717) is 0 Å². The van der Waals surface area contributed by atoms with Gasteiger partial charge in [0.2, 0.25) is 10.0 Å². The van der Waals surface area contributed by atoms with Gasteiger partial charge in [0.1, 0.15) is 10.6 Å². The number of halogens is 1. The first-order chi connectivity index (χ1) is 8.58. The van der Waals surface area contributed by atoms with E-state index in [-0.39, 0.29) is 16.3 Å². The number of rotatable bonds is 5. The molecule has 9 heteroatoms. The third kappa shape index (κ3) is 3.99. The van der Waals surface area contributed by atoms with Crippen molar-refractivity contribution in [3.05, 3.63) is 18.2 Å². The Hall–Kier alpha value is -0.990. The second-order valence-corrected chi connectivity index (χ2v) is 8.77. The summed E-state index contributed by atoms with van der Waals surface area (Å²) in [5.41, 5.74) is 0.203. The Morgan fingerprint density at radius 2 is 1.79 bits per heavy atom. The summed E-state index contributed by atoms with van der Waals surface area (Å²) in [7, 11) is -0.967. The quantitative estimate of drug-likeness (QED) is 0.832. The summed E-state index contributed by atoms with van der Waals surface area (Å²) in [6.07, 6.45) is 0. The largest absolute Gasteiger partial charge is 0.495 e. The molecular weight excluding hydrogens is 314 g/mol. The molecule has 0 fully saturated rings. The maximum Gasteiger partial charge on any atom is 0.264 e. The van der Waals surface area contributed by atoms with Gasteiger partial charge in [0.25, 0.3) is 9.05 Å². The van der Waals surface area contributed by atoms with Crippen molar-refractivity contribution in [1.29, 1.82) is 0 Å². The zero-order valence-corrected chi connectivity index (χ0v) is 12.9. The molecule has 1 aromatic rings. The monoisotopic (exact) mass is 327 g/mol. The average molecular weight is 328 g/mol. The van der Waals surface area contributed by atoms with Gasteiger partial charge in [-0.05, 0) is 26.0 Å². The van der Waals surface area contributed by atoms with Crippen molar-refractivity contribution in [2.75, 3.05) is 11.8 Å². The number of anilines is 1. The zero-order chi connectivity index (χ0) is 14.8. The number of sulfonamides is 1.